The van der Waals surface area contributed by atoms with Gasteiger partial charge in [-0.3, -0.25) is 14.5 Å². The van der Waals surface area contributed by atoms with E-state index in [0.717, 1.165) is 17.1 Å². The molecule has 0 bridgehead atoms. The number of hydrogen-bond donors (Lipinski definition) is 1. The van der Waals surface area contributed by atoms with Gasteiger partial charge in [-0.25, -0.2) is 0 Å². The van der Waals surface area contributed by atoms with Crippen LogP contribution in [-0.4, -0.2) is 29.7 Å². The van der Waals surface area contributed by atoms with Crippen LogP contribution < -0.4 is 5.32 Å². The van der Waals surface area contributed by atoms with Crippen molar-refractivity contribution in [2.75, 3.05) is 18.4 Å². The lowest BCUT2D eigenvalue weighted by Gasteiger charge is -2.26. The Labute approximate surface area is 152 Å². The summed E-state index contributed by atoms with van der Waals surface area (Å²) in [6, 6.07) is 11.7. The minimum Gasteiger partial charge on any atom is -0.326 e. The molecule has 1 aliphatic heterocycles. The summed E-state index contributed by atoms with van der Waals surface area (Å²) in [5.41, 5.74) is 2.06. The number of piperidine rings is 1. The van der Waals surface area contributed by atoms with Gasteiger partial charge in [0.2, 0.25) is 5.91 Å². The van der Waals surface area contributed by atoms with Crippen LogP contribution in [0.25, 0.3) is 0 Å². The Balaban J connectivity index is 1.44. The molecule has 4 nitrogen and oxygen atoms in total. The molecule has 1 aromatic carbocycles. The molecule has 0 atom stereocenters. The highest BCUT2D eigenvalue weighted by molar-refractivity contribution is 7.12. The fourth-order valence-corrected chi connectivity index (χ4v) is 3.77. The molecule has 0 aliphatic carbocycles. The monoisotopic (exact) mass is 356 g/mol. The number of carbonyl (C=O) groups excluding carboxylic acids is 2. The minimum absolute atomic E-state index is 0.0297. The summed E-state index contributed by atoms with van der Waals surface area (Å²) in [7, 11) is 0. The van der Waals surface area contributed by atoms with Gasteiger partial charge in [0, 0.05) is 25.1 Å². The second-order valence-electron chi connectivity index (χ2n) is 6.48. The second-order valence-corrected chi connectivity index (χ2v) is 7.43. The number of hydrogen-bond acceptors (Lipinski definition) is 4. The van der Waals surface area contributed by atoms with Gasteiger partial charge in [0.1, 0.15) is 0 Å². The fourth-order valence-electron chi connectivity index (χ4n) is 3.08. The highest BCUT2D eigenvalue weighted by atomic mass is 32.1. The third-order valence-corrected chi connectivity index (χ3v) is 5.38. The van der Waals surface area contributed by atoms with Gasteiger partial charge < -0.3 is 5.32 Å². The van der Waals surface area contributed by atoms with Crippen LogP contribution in [0.2, 0.25) is 0 Å². The van der Waals surface area contributed by atoms with Gasteiger partial charge >= 0.3 is 0 Å². The molecule has 1 amide bonds. The molecular formula is C20H24N2O2S. The fraction of sp³-hybridized carbons (Fsp3) is 0.400. The summed E-state index contributed by atoms with van der Waals surface area (Å²) in [5, 5.41) is 4.75. The van der Waals surface area contributed by atoms with Gasteiger partial charge in [-0.05, 0) is 55.1 Å². The van der Waals surface area contributed by atoms with Gasteiger partial charge in [-0.1, -0.05) is 24.6 Å². The first-order valence-corrected chi connectivity index (χ1v) is 9.76. The lowest BCUT2D eigenvalue weighted by molar-refractivity contribution is -0.116. The summed E-state index contributed by atoms with van der Waals surface area (Å²) in [5.74, 6) is -0.0873. The van der Waals surface area contributed by atoms with Gasteiger partial charge in [0.25, 0.3) is 0 Å². The highest BCUT2D eigenvalue weighted by Crippen LogP contribution is 2.16. The van der Waals surface area contributed by atoms with E-state index in [9.17, 15) is 9.59 Å². The average Bonchev–Trinajstić information content (AvgIpc) is 3.17. The number of benzene rings is 1. The first-order valence-electron chi connectivity index (χ1n) is 8.88. The van der Waals surface area contributed by atoms with E-state index in [0.29, 0.717) is 0 Å². The van der Waals surface area contributed by atoms with Crippen molar-refractivity contribution >= 4 is 28.7 Å². The maximum Gasteiger partial charge on any atom is 0.224 e. The molecule has 0 spiro atoms. The summed E-state index contributed by atoms with van der Waals surface area (Å²) in [6.07, 6.45) is 4.39. The van der Waals surface area contributed by atoms with E-state index in [2.05, 4.69) is 22.3 Å². The third kappa shape index (κ3) is 5.51. The van der Waals surface area contributed by atoms with Crippen LogP contribution in [-0.2, 0) is 11.3 Å². The predicted octanol–water partition coefficient (Wildman–Crippen LogP) is 4.34. The molecule has 3 rings (SSSR count). The van der Waals surface area contributed by atoms with E-state index >= 15 is 0 Å². The predicted molar refractivity (Wildman–Crippen MR) is 102 cm³/mol. The quantitative estimate of drug-likeness (QED) is 0.751. The van der Waals surface area contributed by atoms with Crippen molar-refractivity contribution in [2.45, 2.75) is 38.6 Å². The highest BCUT2D eigenvalue weighted by Gasteiger charge is 2.12. The van der Waals surface area contributed by atoms with E-state index in [1.54, 1.807) is 6.07 Å². The zero-order valence-corrected chi connectivity index (χ0v) is 15.2. The van der Waals surface area contributed by atoms with Crippen LogP contribution in [0, 0.1) is 0 Å². The van der Waals surface area contributed by atoms with E-state index < -0.39 is 0 Å². The molecule has 1 aliphatic rings. The number of nitrogens with one attached hydrogen (secondary N) is 1. The number of carbonyl (C=O) groups is 2. The average molecular weight is 356 g/mol. The normalized spacial score (nSPS) is 15.0. The van der Waals surface area contributed by atoms with Gasteiger partial charge in [0.15, 0.2) is 5.78 Å². The zero-order chi connectivity index (χ0) is 17.5. The number of nitrogens with zero attached hydrogens (tertiary/aromatic N) is 1. The van der Waals surface area contributed by atoms with Crippen LogP contribution >= 0.6 is 11.3 Å². The van der Waals surface area contributed by atoms with Crippen LogP contribution in [0.5, 0.6) is 0 Å². The first-order chi connectivity index (χ1) is 12.2. The lowest BCUT2D eigenvalue weighted by Crippen LogP contribution is -2.29. The number of likely N-dealkylation sites (tertiary alicyclic amines) is 1. The van der Waals surface area contributed by atoms with Crippen molar-refractivity contribution in [1.82, 2.24) is 4.90 Å². The minimum atomic E-state index is -0.117. The second kappa shape index (κ2) is 8.92. The third-order valence-electron chi connectivity index (χ3n) is 4.47. The van der Waals surface area contributed by atoms with Crippen molar-refractivity contribution in [3.05, 3.63) is 52.2 Å². The molecule has 0 radical (unpaired) electrons. The smallest absolute Gasteiger partial charge is 0.224 e. The van der Waals surface area contributed by atoms with E-state index in [1.807, 2.05) is 23.6 Å². The molecule has 25 heavy (non-hydrogen) atoms. The van der Waals surface area contributed by atoms with Gasteiger partial charge in [-0.2, -0.15) is 0 Å². The SMILES string of the molecule is O=C(CCC(=O)c1cccs1)Nc1ccc(CN2CCCCC2)cc1. The molecule has 1 saturated heterocycles. The number of thiophene rings is 1. The van der Waals surface area contributed by atoms with Crippen LogP contribution in [0.3, 0.4) is 0 Å². The maximum atomic E-state index is 12.0. The van der Waals surface area contributed by atoms with Crippen LogP contribution in [0.4, 0.5) is 5.69 Å². The largest absolute Gasteiger partial charge is 0.326 e. The van der Waals surface area contributed by atoms with Crippen molar-refractivity contribution in [3.63, 3.8) is 0 Å². The Hall–Kier alpha value is -1.98. The summed E-state index contributed by atoms with van der Waals surface area (Å²) in [4.78, 5) is 27.1. The number of rotatable bonds is 7. The maximum absolute atomic E-state index is 12.0. The summed E-state index contributed by atoms with van der Waals surface area (Å²) in [6.45, 7) is 3.33. The number of anilines is 1. The molecule has 0 unspecified atom stereocenters. The molecule has 1 fully saturated rings. The Morgan fingerprint density at radius 2 is 1.76 bits per heavy atom. The molecule has 0 saturated carbocycles. The number of ketones is 1. The molecule has 1 N–H and O–H groups in total. The topological polar surface area (TPSA) is 49.4 Å². The van der Waals surface area contributed by atoms with Crippen molar-refractivity contribution in [3.8, 4) is 0 Å². The summed E-state index contributed by atoms with van der Waals surface area (Å²) < 4.78 is 0. The van der Waals surface area contributed by atoms with Crippen LogP contribution in [0.1, 0.15) is 47.3 Å². The molecule has 132 valence electrons. The van der Waals surface area contributed by atoms with Crippen molar-refractivity contribution < 1.29 is 9.59 Å². The van der Waals surface area contributed by atoms with Crippen molar-refractivity contribution in [2.24, 2.45) is 0 Å². The molecule has 1 aromatic heterocycles. The van der Waals surface area contributed by atoms with Crippen molar-refractivity contribution in [1.29, 1.82) is 0 Å². The van der Waals surface area contributed by atoms with Crippen LogP contribution in [0.15, 0.2) is 41.8 Å². The van der Waals surface area contributed by atoms with E-state index in [4.69, 9.17) is 0 Å². The summed E-state index contributed by atoms with van der Waals surface area (Å²) >= 11 is 1.42. The Kier molecular flexibility index (Phi) is 6.36. The zero-order valence-electron chi connectivity index (χ0n) is 14.4. The first kappa shape index (κ1) is 17.8. The lowest BCUT2D eigenvalue weighted by atomic mass is 10.1. The van der Waals surface area contributed by atoms with Gasteiger partial charge in [-0.15, -0.1) is 11.3 Å². The number of Topliss-reactive ketones (excluding diaryl/α,β-unsaturated/α-hetero) is 1. The molecule has 5 heteroatoms. The molecule has 2 heterocycles. The van der Waals surface area contributed by atoms with E-state index in [-0.39, 0.29) is 24.5 Å². The number of amides is 1. The Morgan fingerprint density at radius 1 is 1.00 bits per heavy atom. The molecule has 2 aromatic rings. The Bertz CT molecular complexity index is 689. The Morgan fingerprint density at radius 3 is 2.44 bits per heavy atom. The standard InChI is InChI=1S/C20H24N2O2S/c23-18(19-5-4-14-25-19)10-11-20(24)21-17-8-6-16(7-9-17)15-22-12-2-1-3-13-22/h4-9,14H,1-3,10-13,15H2,(H,21,24). The van der Waals surface area contributed by atoms with E-state index in [1.165, 1.54) is 49.3 Å². The molecular weight excluding hydrogens is 332 g/mol. The van der Waals surface area contributed by atoms with Gasteiger partial charge in [0.05, 0.1) is 4.88 Å².